The van der Waals surface area contributed by atoms with Gasteiger partial charge in [0.1, 0.15) is 22.2 Å². The van der Waals surface area contributed by atoms with E-state index in [0.717, 1.165) is 28.0 Å². The number of carbonyl (C=O) groups is 5. The number of carbonyl (C=O) groups excluding carboxylic acids is 4. The number of ether oxygens (including phenoxy) is 4. The first-order valence-corrected chi connectivity index (χ1v) is 17.9. The van der Waals surface area contributed by atoms with Gasteiger partial charge in [0.25, 0.3) is 6.47 Å². The van der Waals surface area contributed by atoms with Gasteiger partial charge in [-0.3, -0.25) is 23.4 Å². The minimum Gasteiger partial charge on any atom is -0.877 e. The molecule has 0 amide bonds. The van der Waals surface area contributed by atoms with Crippen LogP contribution < -0.4 is 81.1 Å². The first-order valence-electron chi connectivity index (χ1n) is 17.0. The molecule has 0 fully saturated rings. The van der Waals surface area contributed by atoms with Crippen LogP contribution in [0.3, 0.4) is 0 Å². The largest absolute Gasteiger partial charge is 1.00 e. The van der Waals surface area contributed by atoms with Crippen molar-refractivity contribution in [1.29, 1.82) is 0 Å². The number of nitrogens with two attached hydrogens (primary N) is 1. The third-order valence-electron chi connectivity index (χ3n) is 6.16. The summed E-state index contributed by atoms with van der Waals surface area (Å²) >= 11 is 10.1. The number of rotatable bonds is 9. The molecule has 0 aliphatic carbocycles. The van der Waals surface area contributed by atoms with Crippen LogP contribution in [-0.2, 0) is 33.3 Å². The molecule has 0 aliphatic rings. The topological polar surface area (TPSA) is 269 Å². The van der Waals surface area contributed by atoms with Gasteiger partial charge in [0, 0.05) is 24.8 Å². The van der Waals surface area contributed by atoms with E-state index in [9.17, 15) is 29.1 Å². The Morgan fingerprint density at radius 2 is 1.30 bits per heavy atom. The molecule has 5 aromatic heterocycles. The number of anilines is 1. The number of aromatic carboxylic acids is 1. The summed E-state index contributed by atoms with van der Waals surface area (Å²) in [4.78, 5) is 63.8. The summed E-state index contributed by atoms with van der Waals surface area (Å²) in [5.41, 5.74) is 11.5. The molecule has 0 bridgehead atoms. The van der Waals surface area contributed by atoms with E-state index in [1.807, 2.05) is 57.3 Å². The van der Waals surface area contributed by atoms with Crippen molar-refractivity contribution in [2.24, 2.45) is 0 Å². The van der Waals surface area contributed by atoms with Crippen LogP contribution in [0.4, 0.5) is 5.69 Å². The third-order valence-corrected chi connectivity index (χ3v) is 6.62. The van der Waals surface area contributed by atoms with Crippen LogP contribution in [0, 0.1) is 20.8 Å². The molecule has 0 aliphatic heterocycles. The number of aryl methyl sites for hydroxylation is 3. The second kappa shape index (κ2) is 36.8. The first kappa shape index (κ1) is 62.6. The number of carboxylic acid groups (broad SMARTS) is 1. The molecule has 0 saturated heterocycles. The zero-order chi connectivity index (χ0) is 43.3. The summed E-state index contributed by atoms with van der Waals surface area (Å²) in [6.07, 6.45) is 10.1. The number of alkyl halides is 1. The SMILES string of the molecule is CCOC(=O)/C(Cl)=C\[O-].CCOC(=O)CCl.CCOC(=O)c1cnc2cc(C)ccn12.CCOC=O.Cc1ccn2c(C(=O)O)cnc2c1.Cc1cncc(N)c1.[K+].[Li+].[OH-]. The van der Waals surface area contributed by atoms with Gasteiger partial charge in [0.2, 0.25) is 0 Å². The van der Waals surface area contributed by atoms with E-state index < -0.39 is 17.0 Å². The van der Waals surface area contributed by atoms with Crippen molar-refractivity contribution >= 4 is 70.5 Å². The maximum Gasteiger partial charge on any atom is 1.00 e. The summed E-state index contributed by atoms with van der Waals surface area (Å²) < 4.78 is 21.1. The second-order valence-electron chi connectivity index (χ2n) is 10.6. The number of nitrogen functional groups attached to an aromatic ring is 1. The van der Waals surface area contributed by atoms with Gasteiger partial charge in [-0.05, 0) is 95.5 Å². The Morgan fingerprint density at radius 3 is 1.65 bits per heavy atom. The molecule has 0 saturated carbocycles. The Bertz CT molecular complexity index is 2030. The number of nitrogens with zero attached hydrogens (tertiary/aromatic N) is 5. The molecule has 5 aromatic rings. The minimum atomic E-state index is -0.962. The molecule has 18 nitrogen and oxygen atoms in total. The summed E-state index contributed by atoms with van der Waals surface area (Å²) in [6.45, 7) is 14.7. The van der Waals surface area contributed by atoms with Gasteiger partial charge < -0.3 is 40.4 Å². The number of hydrogen-bond acceptors (Lipinski definition) is 15. The van der Waals surface area contributed by atoms with E-state index in [2.05, 4.69) is 29.2 Å². The molecule has 0 atom stereocenters. The van der Waals surface area contributed by atoms with E-state index in [-0.39, 0.29) is 112 Å². The van der Waals surface area contributed by atoms with Crippen molar-refractivity contribution in [2.75, 3.05) is 38.0 Å². The first-order chi connectivity index (χ1) is 27.1. The van der Waals surface area contributed by atoms with Crippen molar-refractivity contribution in [3.05, 3.63) is 107 Å². The Labute approximate surface area is 412 Å². The quantitative estimate of drug-likeness (QED) is 0.0339. The van der Waals surface area contributed by atoms with Crippen LogP contribution in [0.2, 0.25) is 0 Å². The van der Waals surface area contributed by atoms with E-state index in [1.54, 1.807) is 55.1 Å². The van der Waals surface area contributed by atoms with E-state index in [4.69, 9.17) is 38.8 Å². The molecule has 0 aromatic carbocycles. The van der Waals surface area contributed by atoms with Crippen molar-refractivity contribution in [1.82, 2.24) is 23.8 Å². The fraction of sp³-hybridized carbons (Fsp3) is 0.316. The molecular weight excluding hydrogens is 849 g/mol. The number of halogens is 2. The molecule has 22 heteroatoms. The predicted octanol–water partition coefficient (Wildman–Crippen LogP) is -1.08. The molecular formula is C38H48Cl2KLiN6O12. The molecule has 0 radical (unpaired) electrons. The van der Waals surface area contributed by atoms with Crippen molar-refractivity contribution in [2.45, 2.75) is 48.5 Å². The maximum atomic E-state index is 11.5. The summed E-state index contributed by atoms with van der Waals surface area (Å²) in [6, 6.07) is 9.42. The fourth-order valence-corrected chi connectivity index (χ4v) is 3.90. The number of esters is 3. The van der Waals surface area contributed by atoms with Gasteiger partial charge in [-0.1, -0.05) is 11.6 Å². The average molecular weight is 898 g/mol. The zero-order valence-corrected chi connectivity index (χ0v) is 39.7. The minimum absolute atomic E-state index is 0. The monoisotopic (exact) mass is 896 g/mol. The van der Waals surface area contributed by atoms with Crippen molar-refractivity contribution < 1.29 is 129 Å². The van der Waals surface area contributed by atoms with Gasteiger partial charge >= 0.3 is 94.1 Å². The maximum absolute atomic E-state index is 11.5. The molecule has 318 valence electrons. The third kappa shape index (κ3) is 25.6. The Morgan fingerprint density at radius 1 is 0.800 bits per heavy atom. The molecule has 5 heterocycles. The van der Waals surface area contributed by atoms with Crippen LogP contribution in [-0.4, -0.2) is 97.0 Å². The number of hydrogen-bond donors (Lipinski definition) is 2. The van der Waals surface area contributed by atoms with Gasteiger partial charge in [-0.2, -0.15) is 0 Å². The zero-order valence-electron chi connectivity index (χ0n) is 35.1. The summed E-state index contributed by atoms with van der Waals surface area (Å²) in [5, 5.41) is 18.1. The van der Waals surface area contributed by atoms with E-state index in [0.29, 0.717) is 37.6 Å². The van der Waals surface area contributed by atoms with Crippen LogP contribution in [0.5, 0.6) is 0 Å². The number of fused-ring (bicyclic) bond motifs is 2. The van der Waals surface area contributed by atoms with Crippen molar-refractivity contribution in [3.8, 4) is 0 Å². The predicted molar refractivity (Wildman–Crippen MR) is 214 cm³/mol. The molecule has 0 unspecified atom stereocenters. The van der Waals surface area contributed by atoms with Gasteiger partial charge in [-0.15, -0.1) is 17.9 Å². The van der Waals surface area contributed by atoms with E-state index >= 15 is 0 Å². The average Bonchev–Trinajstić information content (AvgIpc) is 3.80. The number of aromatic nitrogens is 5. The summed E-state index contributed by atoms with van der Waals surface area (Å²) in [5.74, 6) is -2.48. The molecule has 60 heavy (non-hydrogen) atoms. The van der Waals surface area contributed by atoms with Crippen LogP contribution >= 0.6 is 23.2 Å². The normalized spacial score (nSPS) is 9.32. The number of imidazole rings is 2. The van der Waals surface area contributed by atoms with Crippen LogP contribution in [0.25, 0.3) is 11.3 Å². The second-order valence-corrected chi connectivity index (χ2v) is 11.3. The van der Waals surface area contributed by atoms with Crippen LogP contribution in [0.1, 0.15) is 65.4 Å². The number of carboxylic acids is 1. The Kier molecular flexibility index (Phi) is 38.4. The molecule has 0 spiro atoms. The summed E-state index contributed by atoms with van der Waals surface area (Å²) in [7, 11) is 0. The van der Waals surface area contributed by atoms with Gasteiger partial charge in [0.15, 0.2) is 11.4 Å². The van der Waals surface area contributed by atoms with E-state index in [1.165, 1.54) is 12.4 Å². The standard InChI is InChI=1S/C11H12N2O2.C9H8N2O2.C6H8N2.C5H7ClO3.C4H7ClO2.C3H6O2.K.Li.H2O/c1-3-15-11(14)9-7-12-10-6-8(2)4-5-13(9)10;1-6-2-3-11-7(9(12)13)5-10-8(11)4-6;1-5-2-6(7)4-8-3-5;1-2-9-5(8)4(6)3-7;1-2-7-4(6)3-5;1-2-5-3-4;;;/h4-7H,3H2,1-2H3;2-5H,1H3,(H,12,13);2-4H,7H2,1H3;3,7H,2H2,1H3;2-3H2,1H3;3H,2H2,1H3;;;1H2/q;;;;;;2*+1;/p-2/b;;;4-3+;;;;;. The van der Waals surface area contributed by atoms with Gasteiger partial charge in [0.05, 0.1) is 44.5 Å². The smallest absolute Gasteiger partial charge is 0.877 e. The fourth-order valence-electron chi connectivity index (χ4n) is 3.77. The van der Waals surface area contributed by atoms with Crippen LogP contribution in [0.15, 0.2) is 78.8 Å². The van der Waals surface area contributed by atoms with Gasteiger partial charge in [-0.25, -0.2) is 24.4 Å². The molecule has 5 rings (SSSR count). The molecule has 4 N–H and O–H groups in total. The Hall–Kier alpha value is -4.01. The Balaban J connectivity index is -0.000000322. The number of pyridine rings is 3. The van der Waals surface area contributed by atoms with Crippen molar-refractivity contribution in [3.63, 3.8) is 0 Å².